The van der Waals surface area contributed by atoms with E-state index in [9.17, 15) is 14.0 Å². The second-order valence-corrected chi connectivity index (χ2v) is 3.87. The van der Waals surface area contributed by atoms with Crippen molar-refractivity contribution in [2.75, 3.05) is 6.54 Å². The molecule has 0 bridgehead atoms. The Balaban J connectivity index is 2.12. The normalized spacial score (nSPS) is 15.5. The molecule has 3 amide bonds. The lowest BCUT2D eigenvalue weighted by atomic mass is 10.2. The quantitative estimate of drug-likeness (QED) is 0.800. The number of benzene rings is 1. The molecule has 0 radical (unpaired) electrons. The van der Waals surface area contributed by atoms with Crippen molar-refractivity contribution in [3.05, 3.63) is 34.6 Å². The molecule has 0 atom stereocenters. The highest BCUT2D eigenvalue weighted by molar-refractivity contribution is 6.30. The molecule has 0 spiro atoms. The van der Waals surface area contributed by atoms with Crippen LogP contribution in [0.5, 0.6) is 0 Å². The highest BCUT2D eigenvalue weighted by atomic mass is 35.5. The van der Waals surface area contributed by atoms with Gasteiger partial charge in [0.25, 0.3) is 0 Å². The van der Waals surface area contributed by atoms with Gasteiger partial charge in [-0.1, -0.05) is 17.7 Å². The third-order valence-electron chi connectivity index (χ3n) is 2.23. The largest absolute Gasteiger partial charge is 0.324 e. The molecular weight excluding hydrogens is 235 g/mol. The fourth-order valence-electron chi connectivity index (χ4n) is 1.47. The minimum atomic E-state index is -0.537. The van der Waals surface area contributed by atoms with Gasteiger partial charge in [0.15, 0.2) is 0 Å². The maximum absolute atomic E-state index is 13.1. The lowest BCUT2D eigenvalue weighted by molar-refractivity contribution is -0.118. The topological polar surface area (TPSA) is 49.4 Å². The van der Waals surface area contributed by atoms with Crippen molar-refractivity contribution in [2.24, 2.45) is 0 Å². The lowest BCUT2D eigenvalue weighted by Gasteiger charge is -2.12. The van der Waals surface area contributed by atoms with Gasteiger partial charge < -0.3 is 4.90 Å². The second kappa shape index (κ2) is 4.09. The molecule has 1 heterocycles. The third-order valence-corrected chi connectivity index (χ3v) is 2.53. The molecular formula is C10H8ClFN2O2. The first-order chi connectivity index (χ1) is 7.56. The van der Waals surface area contributed by atoms with E-state index in [1.54, 1.807) is 6.07 Å². The summed E-state index contributed by atoms with van der Waals surface area (Å²) in [6.45, 7) is 0.189. The molecule has 0 aromatic heterocycles. The number of rotatable bonds is 2. The Morgan fingerprint density at radius 1 is 1.44 bits per heavy atom. The first-order valence-electron chi connectivity index (χ1n) is 4.59. The van der Waals surface area contributed by atoms with E-state index in [0.29, 0.717) is 5.56 Å². The van der Waals surface area contributed by atoms with Gasteiger partial charge in [0.05, 0.1) is 5.02 Å². The first-order valence-corrected chi connectivity index (χ1v) is 4.97. The highest BCUT2D eigenvalue weighted by Crippen LogP contribution is 2.17. The molecule has 0 unspecified atom stereocenters. The zero-order valence-corrected chi connectivity index (χ0v) is 8.92. The van der Waals surface area contributed by atoms with Crippen molar-refractivity contribution >= 4 is 23.5 Å². The molecule has 16 heavy (non-hydrogen) atoms. The van der Waals surface area contributed by atoms with E-state index in [4.69, 9.17) is 11.6 Å². The standard InChI is InChI=1S/C10H8ClFN2O2/c11-7-2-1-6(3-8(7)12)4-14-5-9(15)13-10(14)16/h1-3H,4-5H2,(H,13,15,16). The molecule has 1 saturated heterocycles. The number of carbonyl (C=O) groups excluding carboxylic acids is 2. The summed E-state index contributed by atoms with van der Waals surface area (Å²) in [6.07, 6.45) is 0. The number of hydrogen-bond acceptors (Lipinski definition) is 2. The lowest BCUT2D eigenvalue weighted by Crippen LogP contribution is -2.27. The molecule has 1 aliphatic rings. The van der Waals surface area contributed by atoms with Crippen LogP contribution < -0.4 is 5.32 Å². The van der Waals surface area contributed by atoms with Crippen molar-refractivity contribution in [2.45, 2.75) is 6.54 Å². The predicted molar refractivity (Wildman–Crippen MR) is 55.4 cm³/mol. The van der Waals surface area contributed by atoms with Gasteiger partial charge in [0, 0.05) is 6.54 Å². The Labute approximate surface area is 96.0 Å². The molecule has 0 saturated carbocycles. The number of imide groups is 1. The van der Waals surface area contributed by atoms with Crippen LogP contribution in [0.1, 0.15) is 5.56 Å². The Bertz CT molecular complexity index is 464. The summed E-state index contributed by atoms with van der Waals surface area (Å²) in [5.74, 6) is -0.885. The van der Waals surface area contributed by atoms with Crippen LogP contribution in [-0.2, 0) is 11.3 Å². The zero-order valence-electron chi connectivity index (χ0n) is 8.17. The fourth-order valence-corrected chi connectivity index (χ4v) is 1.59. The maximum Gasteiger partial charge on any atom is 0.324 e. The number of nitrogens with zero attached hydrogens (tertiary/aromatic N) is 1. The molecule has 1 aliphatic heterocycles. The number of halogens is 2. The Morgan fingerprint density at radius 3 is 2.75 bits per heavy atom. The fraction of sp³-hybridized carbons (Fsp3) is 0.200. The average molecular weight is 243 g/mol. The Morgan fingerprint density at radius 2 is 2.19 bits per heavy atom. The third kappa shape index (κ3) is 2.14. The van der Waals surface area contributed by atoms with Crippen LogP contribution in [0.15, 0.2) is 18.2 Å². The molecule has 4 nitrogen and oxygen atoms in total. The Kier molecular flexibility index (Phi) is 2.78. The number of nitrogens with one attached hydrogen (secondary N) is 1. The van der Waals surface area contributed by atoms with E-state index in [0.717, 1.165) is 0 Å². The summed E-state index contributed by atoms with van der Waals surface area (Å²) in [7, 11) is 0. The number of hydrogen-bond donors (Lipinski definition) is 1. The summed E-state index contributed by atoms with van der Waals surface area (Å²) in [5.41, 5.74) is 0.590. The zero-order chi connectivity index (χ0) is 11.7. The monoisotopic (exact) mass is 242 g/mol. The van der Waals surface area contributed by atoms with Crippen molar-refractivity contribution in [3.8, 4) is 0 Å². The minimum absolute atomic E-state index is 0.00305. The molecule has 1 fully saturated rings. The maximum atomic E-state index is 13.1. The molecule has 1 aromatic rings. The van der Waals surface area contributed by atoms with Crippen LogP contribution in [0.25, 0.3) is 0 Å². The minimum Gasteiger partial charge on any atom is -0.311 e. The molecule has 6 heteroatoms. The van der Waals surface area contributed by atoms with E-state index in [-0.39, 0.29) is 24.0 Å². The summed E-state index contributed by atoms with van der Waals surface area (Å²) in [6, 6.07) is 3.82. The second-order valence-electron chi connectivity index (χ2n) is 3.46. The molecule has 84 valence electrons. The van der Waals surface area contributed by atoms with Gasteiger partial charge in [0.2, 0.25) is 5.91 Å². The smallest absolute Gasteiger partial charge is 0.311 e. The van der Waals surface area contributed by atoms with Crippen LogP contribution >= 0.6 is 11.6 Å². The summed E-state index contributed by atoms with van der Waals surface area (Å²) >= 11 is 5.53. The van der Waals surface area contributed by atoms with Crippen molar-refractivity contribution in [1.82, 2.24) is 10.2 Å². The van der Waals surface area contributed by atoms with Crippen molar-refractivity contribution < 1.29 is 14.0 Å². The van der Waals surface area contributed by atoms with Crippen LogP contribution in [-0.4, -0.2) is 23.4 Å². The summed E-state index contributed by atoms with van der Waals surface area (Å²) in [5, 5.41) is 2.17. The van der Waals surface area contributed by atoms with E-state index < -0.39 is 11.8 Å². The van der Waals surface area contributed by atoms with Gasteiger partial charge in [-0.25, -0.2) is 9.18 Å². The van der Waals surface area contributed by atoms with Crippen LogP contribution in [0.4, 0.5) is 9.18 Å². The van der Waals surface area contributed by atoms with E-state index in [1.165, 1.54) is 17.0 Å². The van der Waals surface area contributed by atoms with Crippen LogP contribution in [0, 0.1) is 5.82 Å². The summed E-state index contributed by atoms with van der Waals surface area (Å²) < 4.78 is 13.1. The predicted octanol–water partition coefficient (Wildman–Crippen LogP) is 1.53. The van der Waals surface area contributed by atoms with Gasteiger partial charge >= 0.3 is 6.03 Å². The average Bonchev–Trinajstić information content (AvgIpc) is 2.51. The van der Waals surface area contributed by atoms with Gasteiger partial charge in [0.1, 0.15) is 12.4 Å². The van der Waals surface area contributed by atoms with E-state index >= 15 is 0 Å². The van der Waals surface area contributed by atoms with Crippen molar-refractivity contribution in [3.63, 3.8) is 0 Å². The molecule has 0 aliphatic carbocycles. The van der Waals surface area contributed by atoms with E-state index in [1.807, 2.05) is 0 Å². The van der Waals surface area contributed by atoms with Gasteiger partial charge in [-0.3, -0.25) is 10.1 Å². The molecule has 2 rings (SSSR count). The number of carbonyl (C=O) groups is 2. The Hall–Kier alpha value is -1.62. The number of amides is 3. The van der Waals surface area contributed by atoms with Crippen LogP contribution in [0.2, 0.25) is 5.02 Å². The van der Waals surface area contributed by atoms with Gasteiger partial charge in [-0.2, -0.15) is 0 Å². The first kappa shape index (κ1) is 10.9. The van der Waals surface area contributed by atoms with Crippen LogP contribution in [0.3, 0.4) is 0 Å². The summed E-state index contributed by atoms with van der Waals surface area (Å²) in [4.78, 5) is 23.4. The molecule has 1 aromatic carbocycles. The van der Waals surface area contributed by atoms with Gasteiger partial charge in [-0.15, -0.1) is 0 Å². The molecule has 1 N–H and O–H groups in total. The van der Waals surface area contributed by atoms with Crippen molar-refractivity contribution in [1.29, 1.82) is 0 Å². The van der Waals surface area contributed by atoms with Gasteiger partial charge in [-0.05, 0) is 17.7 Å². The van der Waals surface area contributed by atoms with E-state index in [2.05, 4.69) is 5.32 Å². The number of urea groups is 1. The highest BCUT2D eigenvalue weighted by Gasteiger charge is 2.26. The SMILES string of the molecule is O=C1CN(Cc2ccc(Cl)c(F)c2)C(=O)N1.